The van der Waals surface area contributed by atoms with Crippen molar-refractivity contribution in [1.29, 1.82) is 0 Å². The summed E-state index contributed by atoms with van der Waals surface area (Å²) in [5, 5.41) is 2.07. The quantitative estimate of drug-likeness (QED) is 0.656. The van der Waals surface area contributed by atoms with Crippen LogP contribution in [0, 0.1) is 23.3 Å². The first-order chi connectivity index (χ1) is 8.99. The van der Waals surface area contributed by atoms with Crippen LogP contribution in [0.1, 0.15) is 10.4 Å². The highest BCUT2D eigenvalue weighted by molar-refractivity contribution is 6.04. The van der Waals surface area contributed by atoms with Crippen LogP contribution in [0.2, 0.25) is 0 Å². The Morgan fingerprint density at radius 2 is 1.47 bits per heavy atom. The molecule has 0 atom stereocenters. The molecule has 0 heterocycles. The molecule has 1 amide bonds. The average Bonchev–Trinajstić information content (AvgIpc) is 2.40. The Morgan fingerprint density at radius 1 is 0.842 bits per heavy atom. The number of carbonyl (C=O) groups excluding carboxylic acids is 1. The predicted octanol–water partition coefficient (Wildman–Crippen LogP) is 3.50. The van der Waals surface area contributed by atoms with Crippen molar-refractivity contribution in [3.8, 4) is 0 Å². The summed E-state index contributed by atoms with van der Waals surface area (Å²) in [5.41, 5.74) is -0.432. The van der Waals surface area contributed by atoms with E-state index in [0.29, 0.717) is 6.07 Å². The fourth-order valence-corrected chi connectivity index (χ4v) is 1.42. The first-order valence-electron chi connectivity index (χ1n) is 5.19. The van der Waals surface area contributed by atoms with Gasteiger partial charge in [0.25, 0.3) is 5.91 Å². The Bertz CT molecular complexity index is 625. The second kappa shape index (κ2) is 5.09. The maximum absolute atomic E-state index is 13.3. The number of nitrogens with one attached hydrogen (secondary N) is 1. The van der Waals surface area contributed by atoms with Crippen molar-refractivity contribution < 1.29 is 22.4 Å². The molecule has 19 heavy (non-hydrogen) atoms. The number of halogens is 4. The van der Waals surface area contributed by atoms with Crippen LogP contribution < -0.4 is 5.32 Å². The molecule has 0 fully saturated rings. The monoisotopic (exact) mass is 269 g/mol. The molecule has 0 saturated carbocycles. The molecule has 0 aromatic heterocycles. The minimum atomic E-state index is -1.67. The largest absolute Gasteiger partial charge is 0.319 e. The van der Waals surface area contributed by atoms with Gasteiger partial charge in [-0.3, -0.25) is 4.79 Å². The van der Waals surface area contributed by atoms with Gasteiger partial charge in [0.2, 0.25) is 0 Å². The van der Waals surface area contributed by atoms with E-state index in [1.807, 2.05) is 0 Å². The molecule has 0 radical (unpaired) electrons. The first-order valence-corrected chi connectivity index (χ1v) is 5.19. The molecule has 0 aliphatic rings. The van der Waals surface area contributed by atoms with Crippen molar-refractivity contribution in [2.24, 2.45) is 0 Å². The lowest BCUT2D eigenvalue weighted by molar-refractivity contribution is 0.102. The van der Waals surface area contributed by atoms with Crippen LogP contribution in [-0.4, -0.2) is 5.91 Å². The number of hydrogen-bond donors (Lipinski definition) is 1. The summed E-state index contributed by atoms with van der Waals surface area (Å²) < 4.78 is 51.6. The molecule has 2 aromatic carbocycles. The van der Waals surface area contributed by atoms with Gasteiger partial charge in [0.15, 0.2) is 17.5 Å². The van der Waals surface area contributed by atoms with Crippen molar-refractivity contribution in [3.63, 3.8) is 0 Å². The van der Waals surface area contributed by atoms with Crippen LogP contribution in [-0.2, 0) is 0 Å². The van der Waals surface area contributed by atoms with Gasteiger partial charge < -0.3 is 5.32 Å². The molecular weight excluding hydrogens is 262 g/mol. The van der Waals surface area contributed by atoms with Gasteiger partial charge in [-0.05, 0) is 36.4 Å². The zero-order valence-electron chi connectivity index (χ0n) is 9.38. The van der Waals surface area contributed by atoms with Gasteiger partial charge in [-0.25, -0.2) is 17.6 Å². The van der Waals surface area contributed by atoms with E-state index in [9.17, 15) is 22.4 Å². The highest BCUT2D eigenvalue weighted by atomic mass is 19.2. The van der Waals surface area contributed by atoms with Crippen molar-refractivity contribution in [3.05, 3.63) is 65.2 Å². The molecule has 2 aromatic rings. The highest BCUT2D eigenvalue weighted by Gasteiger charge is 2.15. The van der Waals surface area contributed by atoms with Crippen molar-refractivity contribution in [1.82, 2.24) is 0 Å². The van der Waals surface area contributed by atoms with E-state index < -0.39 is 34.9 Å². The summed E-state index contributed by atoms with van der Waals surface area (Å²) in [4.78, 5) is 11.7. The second-order valence-corrected chi connectivity index (χ2v) is 3.68. The molecule has 0 bridgehead atoms. The van der Waals surface area contributed by atoms with Crippen LogP contribution >= 0.6 is 0 Å². The van der Waals surface area contributed by atoms with E-state index in [4.69, 9.17) is 0 Å². The SMILES string of the molecule is O=C(Nc1ccc(F)c(F)c1F)c1ccc(F)cc1. The fourth-order valence-electron chi connectivity index (χ4n) is 1.42. The summed E-state index contributed by atoms with van der Waals surface area (Å²) in [6, 6.07) is 6.06. The molecule has 0 aliphatic carbocycles. The molecule has 1 N–H and O–H groups in total. The lowest BCUT2D eigenvalue weighted by Crippen LogP contribution is -2.13. The smallest absolute Gasteiger partial charge is 0.255 e. The molecule has 0 unspecified atom stereocenters. The lowest BCUT2D eigenvalue weighted by atomic mass is 10.2. The number of amides is 1. The molecule has 6 heteroatoms. The average molecular weight is 269 g/mol. The van der Waals surface area contributed by atoms with E-state index in [2.05, 4.69) is 5.32 Å². The van der Waals surface area contributed by atoms with Gasteiger partial charge in [-0.2, -0.15) is 0 Å². The minimum absolute atomic E-state index is 0.0607. The fraction of sp³-hybridized carbons (Fsp3) is 0. The third-order valence-corrected chi connectivity index (χ3v) is 2.39. The number of carbonyl (C=O) groups is 1. The Hall–Kier alpha value is -2.37. The standard InChI is InChI=1S/C13H7F4NO/c14-8-3-1-7(2-4-8)13(19)18-10-6-5-9(15)11(16)12(10)17/h1-6H,(H,18,19). The van der Waals surface area contributed by atoms with Gasteiger partial charge in [0.05, 0.1) is 5.69 Å². The van der Waals surface area contributed by atoms with Crippen molar-refractivity contribution in [2.45, 2.75) is 0 Å². The van der Waals surface area contributed by atoms with Crippen molar-refractivity contribution >= 4 is 11.6 Å². The third-order valence-electron chi connectivity index (χ3n) is 2.39. The summed E-state index contributed by atoms with van der Waals surface area (Å²) in [6.45, 7) is 0. The molecule has 2 nitrogen and oxygen atoms in total. The second-order valence-electron chi connectivity index (χ2n) is 3.68. The van der Waals surface area contributed by atoms with Gasteiger partial charge in [-0.1, -0.05) is 0 Å². The van der Waals surface area contributed by atoms with Gasteiger partial charge in [0.1, 0.15) is 5.82 Å². The van der Waals surface area contributed by atoms with Crippen LogP contribution in [0.4, 0.5) is 23.2 Å². The molecular formula is C13H7F4NO. The third kappa shape index (κ3) is 2.73. The Labute approximate surface area is 105 Å². The molecule has 0 aliphatic heterocycles. The van der Waals surface area contributed by atoms with E-state index in [1.54, 1.807) is 0 Å². The first kappa shape index (κ1) is 13.1. The van der Waals surface area contributed by atoms with Gasteiger partial charge in [0, 0.05) is 5.56 Å². The summed E-state index contributed by atoms with van der Waals surface area (Å²) in [6.07, 6.45) is 0. The molecule has 0 saturated heterocycles. The van der Waals surface area contributed by atoms with Crippen LogP contribution in [0.15, 0.2) is 36.4 Å². The van der Waals surface area contributed by atoms with E-state index in [-0.39, 0.29) is 5.56 Å². The number of hydrogen-bond acceptors (Lipinski definition) is 1. The summed E-state index contributed by atoms with van der Waals surface area (Å²) in [5.74, 6) is -5.80. The van der Waals surface area contributed by atoms with E-state index >= 15 is 0 Å². The molecule has 0 spiro atoms. The van der Waals surface area contributed by atoms with Gasteiger partial charge in [-0.15, -0.1) is 0 Å². The Kier molecular flexibility index (Phi) is 3.50. The Balaban J connectivity index is 2.24. The minimum Gasteiger partial charge on any atom is -0.319 e. The van der Waals surface area contributed by atoms with Crippen LogP contribution in [0.3, 0.4) is 0 Å². The zero-order chi connectivity index (χ0) is 14.0. The predicted molar refractivity (Wildman–Crippen MR) is 60.7 cm³/mol. The molecule has 2 rings (SSSR count). The van der Waals surface area contributed by atoms with Crippen LogP contribution in [0.5, 0.6) is 0 Å². The topological polar surface area (TPSA) is 29.1 Å². The van der Waals surface area contributed by atoms with Gasteiger partial charge >= 0.3 is 0 Å². The van der Waals surface area contributed by atoms with Crippen LogP contribution in [0.25, 0.3) is 0 Å². The number of rotatable bonds is 2. The maximum Gasteiger partial charge on any atom is 0.255 e. The van der Waals surface area contributed by atoms with Crippen molar-refractivity contribution in [2.75, 3.05) is 5.32 Å². The zero-order valence-corrected chi connectivity index (χ0v) is 9.38. The summed E-state index contributed by atoms with van der Waals surface area (Å²) >= 11 is 0. The summed E-state index contributed by atoms with van der Waals surface area (Å²) in [7, 11) is 0. The normalized spacial score (nSPS) is 10.3. The van der Waals surface area contributed by atoms with E-state index in [0.717, 1.165) is 18.2 Å². The highest BCUT2D eigenvalue weighted by Crippen LogP contribution is 2.20. The number of anilines is 1. The lowest BCUT2D eigenvalue weighted by Gasteiger charge is -2.07. The van der Waals surface area contributed by atoms with E-state index in [1.165, 1.54) is 12.1 Å². The Morgan fingerprint density at radius 3 is 2.11 bits per heavy atom. The number of benzene rings is 2. The maximum atomic E-state index is 13.3. The molecule has 98 valence electrons.